The molecule has 0 saturated heterocycles. The summed E-state index contributed by atoms with van der Waals surface area (Å²) in [5.41, 5.74) is 1.59. The molecule has 2 aromatic rings. The number of esters is 1. The van der Waals surface area contributed by atoms with Gasteiger partial charge in [0.05, 0.1) is 17.4 Å². The van der Waals surface area contributed by atoms with Gasteiger partial charge in [0, 0.05) is 17.8 Å². The molecule has 2 heterocycles. The quantitative estimate of drug-likeness (QED) is 0.518. The lowest BCUT2D eigenvalue weighted by molar-refractivity contribution is -0.115. The number of nitrogens with zero attached hydrogens (tertiary/aromatic N) is 3. The van der Waals surface area contributed by atoms with Crippen LogP contribution in [0.1, 0.15) is 73.1 Å². The number of carbonyl (C=O) groups is 2. The van der Waals surface area contributed by atoms with Crippen LogP contribution in [-0.4, -0.2) is 38.5 Å². The van der Waals surface area contributed by atoms with Crippen LogP contribution in [0.3, 0.4) is 0 Å². The molecule has 1 amide bonds. The number of nitrogens with one attached hydrogen (secondary N) is 1. The Kier molecular flexibility index (Phi) is 7.00. The van der Waals surface area contributed by atoms with Crippen molar-refractivity contribution in [2.24, 2.45) is 7.05 Å². The molecule has 0 spiro atoms. The molecule has 0 saturated carbocycles. The zero-order valence-corrected chi connectivity index (χ0v) is 19.2. The molecule has 1 aliphatic carbocycles. The maximum Gasteiger partial charge on any atom is 0.341 e. The van der Waals surface area contributed by atoms with Gasteiger partial charge in [-0.3, -0.25) is 4.79 Å². The van der Waals surface area contributed by atoms with Crippen LogP contribution in [-0.2, 0) is 29.4 Å². The molecule has 1 aliphatic rings. The van der Waals surface area contributed by atoms with E-state index in [0.717, 1.165) is 37.1 Å². The average molecular weight is 437 g/mol. The van der Waals surface area contributed by atoms with Crippen LogP contribution < -0.4 is 5.32 Å². The lowest BCUT2D eigenvalue weighted by Gasteiger charge is -2.13. The fraction of sp³-hybridized carbons (Fsp3) is 0.600. The number of aryl methyl sites for hydroxylation is 1. The summed E-state index contributed by atoms with van der Waals surface area (Å²) in [7, 11) is 1.91. The Labute approximate surface area is 179 Å². The van der Waals surface area contributed by atoms with Gasteiger partial charge in [0.25, 0.3) is 0 Å². The van der Waals surface area contributed by atoms with Crippen molar-refractivity contribution in [2.45, 2.75) is 69.7 Å². The van der Waals surface area contributed by atoms with Crippen LogP contribution >= 0.6 is 23.1 Å². The van der Waals surface area contributed by atoms with E-state index in [2.05, 4.69) is 29.4 Å². The molecule has 1 unspecified atom stereocenters. The summed E-state index contributed by atoms with van der Waals surface area (Å²) in [5.74, 6) is 0.636. The number of carbonyl (C=O) groups excluding carboxylic acids is 2. The van der Waals surface area contributed by atoms with Gasteiger partial charge in [-0.05, 0) is 45.1 Å². The molecule has 0 fully saturated rings. The molecular weight excluding hydrogens is 408 g/mol. The van der Waals surface area contributed by atoms with E-state index >= 15 is 0 Å². The summed E-state index contributed by atoms with van der Waals surface area (Å²) in [6.45, 7) is 8.06. The summed E-state index contributed by atoms with van der Waals surface area (Å²) in [6, 6.07) is 0. The fourth-order valence-corrected chi connectivity index (χ4v) is 5.53. The highest BCUT2D eigenvalue weighted by Crippen LogP contribution is 2.39. The Balaban J connectivity index is 1.78. The smallest absolute Gasteiger partial charge is 0.341 e. The van der Waals surface area contributed by atoms with Crippen LogP contribution in [0.5, 0.6) is 0 Å². The molecule has 0 bridgehead atoms. The Hall–Kier alpha value is -1.87. The van der Waals surface area contributed by atoms with Crippen molar-refractivity contribution in [3.63, 3.8) is 0 Å². The van der Waals surface area contributed by atoms with Crippen LogP contribution in [0.25, 0.3) is 0 Å². The Morgan fingerprint density at radius 1 is 1.24 bits per heavy atom. The van der Waals surface area contributed by atoms with Crippen molar-refractivity contribution < 1.29 is 14.3 Å². The average Bonchev–Trinajstić information content (AvgIpc) is 3.22. The van der Waals surface area contributed by atoms with Crippen molar-refractivity contribution in [1.82, 2.24) is 14.8 Å². The Morgan fingerprint density at radius 2 is 1.97 bits per heavy atom. The summed E-state index contributed by atoms with van der Waals surface area (Å²) >= 11 is 2.87. The first-order valence-electron chi connectivity index (χ1n) is 10.0. The van der Waals surface area contributed by atoms with E-state index in [0.29, 0.717) is 22.3 Å². The Morgan fingerprint density at radius 3 is 2.62 bits per heavy atom. The third-order valence-corrected chi connectivity index (χ3v) is 7.27. The number of anilines is 1. The highest BCUT2D eigenvalue weighted by atomic mass is 32.2. The minimum absolute atomic E-state index is 0.159. The molecule has 158 valence electrons. The summed E-state index contributed by atoms with van der Waals surface area (Å²) in [4.78, 5) is 26.6. The monoisotopic (exact) mass is 436 g/mol. The predicted octanol–water partition coefficient (Wildman–Crippen LogP) is 4.17. The molecule has 7 nitrogen and oxygen atoms in total. The van der Waals surface area contributed by atoms with E-state index in [-0.39, 0.29) is 23.0 Å². The molecular formula is C20H28N4O3S2. The van der Waals surface area contributed by atoms with Crippen molar-refractivity contribution in [2.75, 3.05) is 11.9 Å². The van der Waals surface area contributed by atoms with E-state index in [4.69, 9.17) is 4.74 Å². The largest absolute Gasteiger partial charge is 0.462 e. The van der Waals surface area contributed by atoms with Gasteiger partial charge in [0.2, 0.25) is 5.91 Å². The lowest BCUT2D eigenvalue weighted by atomic mass is 9.95. The number of aromatic nitrogens is 3. The van der Waals surface area contributed by atoms with Gasteiger partial charge in [0.1, 0.15) is 10.8 Å². The number of rotatable bonds is 7. The fourth-order valence-electron chi connectivity index (χ4n) is 3.43. The van der Waals surface area contributed by atoms with Gasteiger partial charge >= 0.3 is 5.97 Å². The molecule has 1 atom stereocenters. The van der Waals surface area contributed by atoms with Crippen LogP contribution in [0.4, 0.5) is 5.00 Å². The van der Waals surface area contributed by atoms with Crippen molar-refractivity contribution in [3.05, 3.63) is 21.8 Å². The highest BCUT2D eigenvalue weighted by molar-refractivity contribution is 8.00. The highest BCUT2D eigenvalue weighted by Gasteiger charge is 2.28. The van der Waals surface area contributed by atoms with E-state index in [1.54, 1.807) is 6.92 Å². The normalized spacial score (nSPS) is 14.6. The topological polar surface area (TPSA) is 86.1 Å². The van der Waals surface area contributed by atoms with E-state index in [1.165, 1.54) is 28.0 Å². The summed E-state index contributed by atoms with van der Waals surface area (Å²) in [5, 5.41) is 12.3. The molecule has 1 N–H and O–H groups in total. The van der Waals surface area contributed by atoms with E-state index < -0.39 is 0 Å². The second-order valence-corrected chi connectivity index (χ2v) is 9.85. The van der Waals surface area contributed by atoms with Gasteiger partial charge in [-0.15, -0.1) is 21.5 Å². The molecule has 9 heteroatoms. The van der Waals surface area contributed by atoms with Crippen molar-refractivity contribution in [1.29, 1.82) is 0 Å². The zero-order valence-electron chi connectivity index (χ0n) is 17.6. The maximum absolute atomic E-state index is 12.9. The number of amides is 1. The second-order valence-electron chi connectivity index (χ2n) is 7.44. The summed E-state index contributed by atoms with van der Waals surface area (Å²) < 4.78 is 7.18. The first kappa shape index (κ1) is 21.8. The van der Waals surface area contributed by atoms with Gasteiger partial charge < -0.3 is 14.6 Å². The van der Waals surface area contributed by atoms with E-state index in [9.17, 15) is 9.59 Å². The van der Waals surface area contributed by atoms with Gasteiger partial charge in [-0.25, -0.2) is 4.79 Å². The molecule has 0 aliphatic heterocycles. The minimum Gasteiger partial charge on any atom is -0.462 e. The minimum atomic E-state index is -0.382. The summed E-state index contributed by atoms with van der Waals surface area (Å²) in [6.07, 6.45) is 3.97. The van der Waals surface area contributed by atoms with Crippen LogP contribution in [0, 0.1) is 0 Å². The maximum atomic E-state index is 12.9. The number of thiophene rings is 1. The second kappa shape index (κ2) is 9.30. The van der Waals surface area contributed by atoms with Gasteiger partial charge in [-0.2, -0.15) is 0 Å². The Bertz CT molecular complexity index is 904. The van der Waals surface area contributed by atoms with Gasteiger partial charge in [-0.1, -0.05) is 25.6 Å². The number of hydrogen-bond acceptors (Lipinski definition) is 7. The SMILES string of the molecule is CCOC(=O)c1c(NC(=O)C(C)Sc2nnc(C(C)C)n2C)sc2c1CCCC2. The number of ether oxygens (including phenoxy) is 1. The first-order chi connectivity index (χ1) is 13.8. The zero-order chi connectivity index (χ0) is 21.1. The van der Waals surface area contributed by atoms with E-state index in [1.807, 2.05) is 18.5 Å². The van der Waals surface area contributed by atoms with Crippen molar-refractivity contribution >= 4 is 40.0 Å². The van der Waals surface area contributed by atoms with Gasteiger partial charge in [0.15, 0.2) is 5.16 Å². The predicted molar refractivity (Wildman–Crippen MR) is 116 cm³/mol. The van der Waals surface area contributed by atoms with Crippen LogP contribution in [0.15, 0.2) is 5.16 Å². The number of hydrogen-bond donors (Lipinski definition) is 1. The standard InChI is InChI=1S/C20H28N4O3S2/c1-6-27-19(26)15-13-9-7-8-10-14(13)29-18(15)21-17(25)12(4)28-20-23-22-16(11(2)3)24(20)5/h11-12H,6-10H2,1-5H3,(H,21,25). The van der Waals surface area contributed by atoms with Crippen molar-refractivity contribution in [3.8, 4) is 0 Å². The third-order valence-electron chi connectivity index (χ3n) is 4.92. The molecule has 0 aromatic carbocycles. The molecule has 0 radical (unpaired) electrons. The molecule has 29 heavy (non-hydrogen) atoms. The first-order valence-corrected chi connectivity index (χ1v) is 11.7. The number of thioether (sulfide) groups is 1. The molecule has 2 aromatic heterocycles. The third kappa shape index (κ3) is 4.66. The number of fused-ring (bicyclic) bond motifs is 1. The lowest BCUT2D eigenvalue weighted by Crippen LogP contribution is -2.23. The molecule has 3 rings (SSSR count). The van der Waals surface area contributed by atoms with Crippen LogP contribution in [0.2, 0.25) is 0 Å².